The molecule has 0 saturated heterocycles. The highest BCUT2D eigenvalue weighted by Gasteiger charge is 2.35. The Hall–Kier alpha value is -3.28. The van der Waals surface area contributed by atoms with Gasteiger partial charge < -0.3 is 10.2 Å². The number of hydrogen-bond donors (Lipinski definition) is 1. The van der Waals surface area contributed by atoms with Gasteiger partial charge in [-0.25, -0.2) is 8.42 Å². The van der Waals surface area contributed by atoms with Gasteiger partial charge in [-0.3, -0.25) is 13.9 Å². The molecule has 0 unspecified atom stereocenters. The monoisotopic (exact) mass is 615 g/mol. The lowest BCUT2D eigenvalue weighted by atomic mass is 10.1. The first-order valence-corrected chi connectivity index (χ1v) is 14.2. The molecular weight excluding hydrogens is 590 g/mol. The van der Waals surface area contributed by atoms with Gasteiger partial charge in [0.1, 0.15) is 12.6 Å². The summed E-state index contributed by atoms with van der Waals surface area (Å²) in [5.41, 5.74) is -1.03. The lowest BCUT2D eigenvalue weighted by Crippen LogP contribution is -2.51. The fourth-order valence-corrected chi connectivity index (χ4v) is 5.90. The Kier molecular flexibility index (Phi) is 10.1. The topological polar surface area (TPSA) is 86.8 Å². The Balaban J connectivity index is 2.12. The molecule has 13 heteroatoms. The van der Waals surface area contributed by atoms with Crippen molar-refractivity contribution in [2.45, 2.75) is 37.0 Å². The van der Waals surface area contributed by atoms with Gasteiger partial charge in [0.25, 0.3) is 10.0 Å². The molecule has 1 atom stereocenters. The number of nitrogens with zero attached hydrogens (tertiary/aromatic N) is 2. The van der Waals surface area contributed by atoms with Crippen LogP contribution in [-0.2, 0) is 32.3 Å². The third-order valence-electron chi connectivity index (χ3n) is 6.06. The van der Waals surface area contributed by atoms with E-state index in [1.165, 1.54) is 43.4 Å². The third-order valence-corrected chi connectivity index (χ3v) is 8.43. The molecule has 0 aliphatic carbocycles. The molecule has 3 rings (SSSR count). The van der Waals surface area contributed by atoms with Crippen molar-refractivity contribution in [1.29, 1.82) is 0 Å². The molecule has 0 bridgehead atoms. The van der Waals surface area contributed by atoms with Gasteiger partial charge >= 0.3 is 6.18 Å². The van der Waals surface area contributed by atoms with Gasteiger partial charge in [0.05, 0.1) is 16.1 Å². The molecule has 40 heavy (non-hydrogen) atoms. The van der Waals surface area contributed by atoms with E-state index in [0.717, 1.165) is 17.0 Å². The Labute approximate surface area is 240 Å². The highest BCUT2D eigenvalue weighted by Crippen LogP contribution is 2.33. The Morgan fingerprint density at radius 2 is 1.65 bits per heavy atom. The number of alkyl halides is 3. The molecule has 1 N–H and O–H groups in total. The van der Waals surface area contributed by atoms with E-state index in [-0.39, 0.29) is 28.6 Å². The van der Waals surface area contributed by atoms with Crippen molar-refractivity contribution in [2.75, 3.05) is 17.9 Å². The summed E-state index contributed by atoms with van der Waals surface area (Å²) < 4.78 is 68.5. The zero-order valence-corrected chi connectivity index (χ0v) is 23.8. The second-order valence-electron chi connectivity index (χ2n) is 8.67. The third kappa shape index (κ3) is 7.26. The fourth-order valence-electron chi connectivity index (χ4n) is 4.01. The van der Waals surface area contributed by atoms with Crippen molar-refractivity contribution in [2.24, 2.45) is 0 Å². The molecule has 2 amide bonds. The number of amides is 2. The van der Waals surface area contributed by atoms with E-state index in [9.17, 15) is 31.2 Å². The number of carbonyl (C=O) groups excluding carboxylic acids is 2. The van der Waals surface area contributed by atoms with Crippen LogP contribution in [0.1, 0.15) is 24.5 Å². The van der Waals surface area contributed by atoms with E-state index in [0.29, 0.717) is 21.0 Å². The summed E-state index contributed by atoms with van der Waals surface area (Å²) >= 11 is 12.3. The maximum atomic E-state index is 13.8. The molecule has 214 valence electrons. The van der Waals surface area contributed by atoms with Crippen molar-refractivity contribution >= 4 is 50.7 Å². The number of hydrogen-bond acceptors (Lipinski definition) is 4. The molecule has 3 aromatic rings. The molecule has 0 aliphatic rings. The van der Waals surface area contributed by atoms with Crippen molar-refractivity contribution in [3.8, 4) is 0 Å². The van der Waals surface area contributed by atoms with Gasteiger partial charge in [0.2, 0.25) is 11.8 Å². The van der Waals surface area contributed by atoms with Crippen LogP contribution in [-0.4, -0.2) is 44.8 Å². The minimum absolute atomic E-state index is 0.158. The molecule has 7 nitrogen and oxygen atoms in total. The van der Waals surface area contributed by atoms with Gasteiger partial charge in [-0.15, -0.1) is 0 Å². The zero-order chi connectivity index (χ0) is 29.7. The van der Waals surface area contributed by atoms with E-state index in [1.807, 2.05) is 0 Å². The van der Waals surface area contributed by atoms with Gasteiger partial charge in [-0.2, -0.15) is 13.2 Å². The summed E-state index contributed by atoms with van der Waals surface area (Å²) in [5, 5.41) is 3.04. The highest BCUT2D eigenvalue weighted by molar-refractivity contribution is 7.92. The van der Waals surface area contributed by atoms with Crippen LogP contribution in [0.2, 0.25) is 10.0 Å². The van der Waals surface area contributed by atoms with Crippen molar-refractivity contribution in [3.63, 3.8) is 0 Å². The van der Waals surface area contributed by atoms with E-state index in [2.05, 4.69) is 5.32 Å². The minimum Gasteiger partial charge on any atom is -0.357 e. The average molecular weight is 616 g/mol. The number of benzene rings is 3. The average Bonchev–Trinajstić information content (AvgIpc) is 2.92. The number of likely N-dealkylation sites (N-methyl/N-ethyl adjacent to an activating group) is 1. The first-order chi connectivity index (χ1) is 18.8. The Morgan fingerprint density at radius 1 is 0.975 bits per heavy atom. The first-order valence-electron chi connectivity index (χ1n) is 12.0. The van der Waals surface area contributed by atoms with Crippen molar-refractivity contribution < 1.29 is 31.2 Å². The maximum Gasteiger partial charge on any atom is 0.416 e. The fraction of sp³-hybridized carbons (Fsp3) is 0.259. The standard InChI is InChI=1S/C27H26Cl2F3N3O4S/c1-3-24(26(37)33-2)34(16-18-12-13-20(28)15-23(18)29)25(36)17-35(40(38,39)22-10-5-4-6-11-22)21-9-7-8-19(14-21)27(30,31)32/h4-15,24H,3,16-17H2,1-2H3,(H,33,37)/t24-/m1/s1. The van der Waals surface area contributed by atoms with Crippen molar-refractivity contribution in [3.05, 3.63) is 94.0 Å². The largest absolute Gasteiger partial charge is 0.416 e. The number of rotatable bonds is 10. The minimum atomic E-state index is -4.76. The molecular formula is C27H26Cl2F3N3O4S. The number of halogens is 5. The number of nitrogens with one attached hydrogen (secondary N) is 1. The maximum absolute atomic E-state index is 13.8. The van der Waals surface area contributed by atoms with E-state index in [4.69, 9.17) is 23.2 Å². The number of carbonyl (C=O) groups is 2. The van der Waals surface area contributed by atoms with Gasteiger partial charge in [-0.05, 0) is 54.4 Å². The summed E-state index contributed by atoms with van der Waals surface area (Å²) in [6, 6.07) is 14.2. The van der Waals surface area contributed by atoms with Crippen LogP contribution in [0, 0.1) is 0 Å². The van der Waals surface area contributed by atoms with Gasteiger partial charge in [-0.1, -0.05) is 60.5 Å². The van der Waals surface area contributed by atoms with Crippen LogP contribution < -0.4 is 9.62 Å². The van der Waals surface area contributed by atoms with Gasteiger partial charge in [0, 0.05) is 23.6 Å². The van der Waals surface area contributed by atoms with Crippen LogP contribution in [0.5, 0.6) is 0 Å². The van der Waals surface area contributed by atoms with E-state index < -0.39 is 46.2 Å². The lowest BCUT2D eigenvalue weighted by molar-refractivity contribution is -0.140. The van der Waals surface area contributed by atoms with Crippen LogP contribution in [0.25, 0.3) is 0 Å². The zero-order valence-electron chi connectivity index (χ0n) is 21.5. The molecule has 0 saturated carbocycles. The van der Waals surface area contributed by atoms with Crippen LogP contribution >= 0.6 is 23.2 Å². The van der Waals surface area contributed by atoms with E-state index >= 15 is 0 Å². The normalized spacial score (nSPS) is 12.5. The first kappa shape index (κ1) is 31.3. The highest BCUT2D eigenvalue weighted by atomic mass is 35.5. The van der Waals surface area contributed by atoms with Crippen LogP contribution in [0.15, 0.2) is 77.7 Å². The predicted octanol–water partition coefficient (Wildman–Crippen LogP) is 5.76. The Bertz CT molecular complexity index is 1470. The molecule has 3 aromatic carbocycles. The molecule has 0 radical (unpaired) electrons. The Morgan fingerprint density at radius 3 is 2.23 bits per heavy atom. The summed E-state index contributed by atoms with van der Waals surface area (Å²) in [4.78, 5) is 27.5. The lowest BCUT2D eigenvalue weighted by Gasteiger charge is -2.33. The van der Waals surface area contributed by atoms with Crippen molar-refractivity contribution in [1.82, 2.24) is 10.2 Å². The smallest absolute Gasteiger partial charge is 0.357 e. The SMILES string of the molecule is CC[C@H](C(=O)NC)N(Cc1ccc(Cl)cc1Cl)C(=O)CN(c1cccc(C(F)(F)F)c1)S(=O)(=O)c1ccccc1. The summed E-state index contributed by atoms with van der Waals surface area (Å²) in [7, 11) is -3.13. The summed E-state index contributed by atoms with van der Waals surface area (Å²) in [6.45, 7) is 0.578. The van der Waals surface area contributed by atoms with E-state index in [1.54, 1.807) is 25.1 Å². The molecule has 0 fully saturated rings. The quantitative estimate of drug-likeness (QED) is 0.314. The van der Waals surface area contributed by atoms with Crippen LogP contribution in [0.4, 0.5) is 18.9 Å². The molecule has 0 heterocycles. The van der Waals surface area contributed by atoms with Gasteiger partial charge in [0.15, 0.2) is 0 Å². The summed E-state index contributed by atoms with van der Waals surface area (Å²) in [5.74, 6) is -1.35. The number of anilines is 1. The summed E-state index contributed by atoms with van der Waals surface area (Å²) in [6.07, 6.45) is -4.60. The second-order valence-corrected chi connectivity index (χ2v) is 11.4. The molecule has 0 aliphatic heterocycles. The second kappa shape index (κ2) is 12.9. The molecule has 0 spiro atoms. The van der Waals surface area contributed by atoms with Crippen LogP contribution in [0.3, 0.4) is 0 Å². The molecule has 0 aromatic heterocycles. The number of sulfonamides is 1. The predicted molar refractivity (Wildman–Crippen MR) is 148 cm³/mol.